The van der Waals surface area contributed by atoms with Crippen LogP contribution in [0.3, 0.4) is 0 Å². The fourth-order valence-corrected chi connectivity index (χ4v) is 6.39. The zero-order valence-electron chi connectivity index (χ0n) is 23.0. The van der Waals surface area contributed by atoms with Gasteiger partial charge in [0.25, 0.3) is 10.0 Å². The molecule has 0 amide bonds. The highest BCUT2D eigenvalue weighted by Crippen LogP contribution is 2.29. The van der Waals surface area contributed by atoms with Crippen LogP contribution in [0.15, 0.2) is 71.6 Å². The van der Waals surface area contributed by atoms with Gasteiger partial charge in [-0.25, -0.2) is 13.4 Å². The summed E-state index contributed by atoms with van der Waals surface area (Å²) in [6.07, 6.45) is 1.49. The normalized spacial score (nSPS) is 11.5. The zero-order valence-corrected chi connectivity index (χ0v) is 25.4. The molecule has 0 bridgehead atoms. The monoisotopic (exact) mass is 602 g/mol. The molecule has 4 rings (SSSR count). The van der Waals surface area contributed by atoms with Crippen LogP contribution in [0, 0.1) is 5.41 Å². The summed E-state index contributed by atoms with van der Waals surface area (Å²) >= 11 is 6.15. The third-order valence-corrected chi connectivity index (χ3v) is 9.10. The number of sulfonamides is 1. The van der Waals surface area contributed by atoms with Gasteiger partial charge in [-0.15, -0.1) is 12.4 Å². The number of fused-ring (bicyclic) bond motifs is 1. The predicted molar refractivity (Wildman–Crippen MR) is 167 cm³/mol. The zero-order chi connectivity index (χ0) is 28.2. The van der Waals surface area contributed by atoms with Gasteiger partial charge in [-0.3, -0.25) is 9.71 Å². The molecule has 0 atom stereocenters. The smallest absolute Gasteiger partial charge is 0.264 e. The van der Waals surface area contributed by atoms with Gasteiger partial charge >= 0.3 is 0 Å². The van der Waals surface area contributed by atoms with Crippen molar-refractivity contribution < 1.29 is 8.42 Å². The summed E-state index contributed by atoms with van der Waals surface area (Å²) in [5.74, 6) is 0.960. The number of aromatic nitrogens is 2. The van der Waals surface area contributed by atoms with Crippen LogP contribution >= 0.6 is 24.0 Å². The number of nitrogens with one attached hydrogen (secondary N) is 1. The lowest BCUT2D eigenvalue weighted by Crippen LogP contribution is -2.38. The van der Waals surface area contributed by atoms with Crippen LogP contribution in [-0.4, -0.2) is 54.9 Å². The number of rotatable bonds is 12. The molecule has 0 aliphatic rings. The van der Waals surface area contributed by atoms with Crippen LogP contribution in [0.5, 0.6) is 0 Å². The Labute approximate surface area is 247 Å². The molecule has 3 aromatic carbocycles. The van der Waals surface area contributed by atoms with E-state index in [0.717, 1.165) is 41.9 Å². The topological polar surface area (TPSA) is 108 Å². The molecule has 0 spiro atoms. The maximum absolute atomic E-state index is 13.8. The van der Waals surface area contributed by atoms with Crippen molar-refractivity contribution in [1.29, 1.82) is 5.41 Å². The Balaban J connectivity index is 0.00000441. The third kappa shape index (κ3) is 6.96. The van der Waals surface area contributed by atoms with E-state index in [2.05, 4.69) is 23.3 Å². The van der Waals surface area contributed by atoms with E-state index in [4.69, 9.17) is 27.7 Å². The minimum atomic E-state index is -3.85. The van der Waals surface area contributed by atoms with E-state index < -0.39 is 10.0 Å². The number of halogens is 2. The number of likely N-dealkylation sites (N-methyl/N-ethyl adjacent to an activating group) is 1. The first-order chi connectivity index (χ1) is 18.6. The van der Waals surface area contributed by atoms with E-state index in [0.29, 0.717) is 35.8 Å². The molecule has 0 saturated carbocycles. The van der Waals surface area contributed by atoms with E-state index in [-0.39, 0.29) is 23.1 Å². The summed E-state index contributed by atoms with van der Waals surface area (Å²) in [7, 11) is -1.88. The minimum absolute atomic E-state index is 0. The molecule has 40 heavy (non-hydrogen) atoms. The van der Waals surface area contributed by atoms with Crippen molar-refractivity contribution >= 4 is 56.6 Å². The van der Waals surface area contributed by atoms with Crippen LogP contribution < -0.4 is 10.0 Å². The Morgan fingerprint density at radius 1 is 1.00 bits per heavy atom. The highest BCUT2D eigenvalue weighted by Gasteiger charge is 2.26. The van der Waals surface area contributed by atoms with Crippen LogP contribution in [-0.2, 0) is 29.9 Å². The van der Waals surface area contributed by atoms with Crippen LogP contribution in [0.1, 0.15) is 30.8 Å². The predicted octanol–water partition coefficient (Wildman–Crippen LogP) is 5.25. The van der Waals surface area contributed by atoms with Gasteiger partial charge in [0.1, 0.15) is 11.7 Å². The van der Waals surface area contributed by atoms with E-state index in [1.165, 1.54) is 10.4 Å². The Morgan fingerprint density at radius 3 is 2.33 bits per heavy atom. The molecule has 11 heteroatoms. The summed E-state index contributed by atoms with van der Waals surface area (Å²) in [6, 6.07) is 19.7. The maximum Gasteiger partial charge on any atom is 0.264 e. The van der Waals surface area contributed by atoms with E-state index in [1.807, 2.05) is 49.5 Å². The number of amidine groups is 1. The fourth-order valence-electron chi connectivity index (χ4n) is 4.64. The van der Waals surface area contributed by atoms with Crippen LogP contribution in [0.2, 0.25) is 5.02 Å². The first-order valence-electron chi connectivity index (χ1n) is 13.0. The number of nitrogens with two attached hydrogens (primary N) is 1. The number of imidazole rings is 1. The molecule has 0 saturated heterocycles. The molecule has 0 unspecified atom stereocenters. The molecule has 0 radical (unpaired) electrons. The molecular weight excluding hydrogens is 567 g/mol. The molecule has 0 aliphatic carbocycles. The third-order valence-electron chi connectivity index (χ3n) is 7.05. The van der Waals surface area contributed by atoms with Crippen molar-refractivity contribution in [3.05, 3.63) is 88.7 Å². The first kappa shape index (κ1) is 31.4. The Kier molecular flexibility index (Phi) is 10.6. The second-order valence-corrected chi connectivity index (χ2v) is 11.7. The van der Waals surface area contributed by atoms with Gasteiger partial charge < -0.3 is 15.2 Å². The molecule has 0 aliphatic heterocycles. The Bertz CT molecular complexity index is 1570. The van der Waals surface area contributed by atoms with Gasteiger partial charge in [-0.05, 0) is 61.5 Å². The molecule has 0 fully saturated rings. The van der Waals surface area contributed by atoms with Crippen molar-refractivity contribution in [1.82, 2.24) is 14.5 Å². The highest BCUT2D eigenvalue weighted by atomic mass is 35.5. The van der Waals surface area contributed by atoms with Crippen molar-refractivity contribution in [2.75, 3.05) is 30.5 Å². The van der Waals surface area contributed by atoms with Gasteiger partial charge in [0.2, 0.25) is 0 Å². The summed E-state index contributed by atoms with van der Waals surface area (Å²) in [5, 5.41) is 7.93. The summed E-state index contributed by atoms with van der Waals surface area (Å²) in [6.45, 7) is 6.71. The lowest BCUT2D eigenvalue weighted by atomic mass is 10.1. The van der Waals surface area contributed by atoms with Gasteiger partial charge in [0.05, 0.1) is 21.6 Å². The van der Waals surface area contributed by atoms with Gasteiger partial charge in [-0.2, -0.15) is 0 Å². The second-order valence-electron chi connectivity index (χ2n) is 9.43. The van der Waals surface area contributed by atoms with Crippen molar-refractivity contribution in [2.24, 2.45) is 12.8 Å². The quantitative estimate of drug-likeness (QED) is 0.170. The molecule has 3 N–H and O–H groups in total. The molecule has 214 valence electrons. The highest BCUT2D eigenvalue weighted by molar-refractivity contribution is 7.92. The van der Waals surface area contributed by atoms with Crippen LogP contribution in [0.25, 0.3) is 11.0 Å². The van der Waals surface area contributed by atoms with E-state index >= 15 is 0 Å². The number of benzene rings is 3. The molecule has 4 aromatic rings. The molecule has 8 nitrogen and oxygen atoms in total. The van der Waals surface area contributed by atoms with Gasteiger partial charge in [0.15, 0.2) is 0 Å². The number of aryl methyl sites for hydroxylation is 3. The lowest BCUT2D eigenvalue weighted by Gasteiger charge is -2.28. The minimum Gasteiger partial charge on any atom is -0.384 e. The van der Waals surface area contributed by atoms with Gasteiger partial charge in [0, 0.05) is 37.1 Å². The average Bonchev–Trinajstić information content (AvgIpc) is 3.24. The molecule has 1 aromatic heterocycles. The standard InChI is InChI=1S/C29H35ClN6O2S.ClH/c1-4-35(5-2)17-18-36(39(37,38)25-8-6-7-23(30)19-25)24-14-15-27-26(20-24)33-28(34(27)3)16-11-21-9-12-22(13-10-21)29(31)32;/h6-10,12-15,19-20H,4-5,11,16-18H2,1-3H3,(H3,31,32);1H. The van der Waals surface area contributed by atoms with E-state index in [1.54, 1.807) is 18.2 Å². The fraction of sp³-hybridized carbons (Fsp3) is 0.310. The lowest BCUT2D eigenvalue weighted by molar-refractivity contribution is 0.313. The summed E-state index contributed by atoms with van der Waals surface area (Å²) < 4.78 is 31.1. The second kappa shape index (κ2) is 13.5. The van der Waals surface area contributed by atoms with Crippen LogP contribution in [0.4, 0.5) is 5.69 Å². The Hall–Kier alpha value is -3.11. The molecular formula is C29H36Cl2N6O2S. The maximum atomic E-state index is 13.8. The molecule has 1 heterocycles. The van der Waals surface area contributed by atoms with Gasteiger partial charge in [-0.1, -0.05) is 55.8 Å². The summed E-state index contributed by atoms with van der Waals surface area (Å²) in [5.41, 5.74) is 9.63. The number of nitrogen functional groups attached to an aromatic ring is 1. The Morgan fingerprint density at radius 2 is 1.70 bits per heavy atom. The number of nitrogens with zero attached hydrogens (tertiary/aromatic N) is 4. The van der Waals surface area contributed by atoms with Crippen molar-refractivity contribution in [3.8, 4) is 0 Å². The van der Waals surface area contributed by atoms with Crippen molar-refractivity contribution in [2.45, 2.75) is 31.6 Å². The number of hydrogen-bond donors (Lipinski definition) is 2. The van der Waals surface area contributed by atoms with E-state index in [9.17, 15) is 8.42 Å². The van der Waals surface area contributed by atoms with Crippen molar-refractivity contribution in [3.63, 3.8) is 0 Å². The summed E-state index contributed by atoms with van der Waals surface area (Å²) in [4.78, 5) is 7.22. The number of hydrogen-bond acceptors (Lipinski definition) is 5. The SMILES string of the molecule is CCN(CC)CCN(c1ccc2c(c1)nc(CCc1ccc(C(=N)N)cc1)n2C)S(=O)(=O)c1cccc(Cl)c1.Cl. The largest absolute Gasteiger partial charge is 0.384 e. The average molecular weight is 604 g/mol. The number of anilines is 1. The first-order valence-corrected chi connectivity index (χ1v) is 14.8.